The molecule has 0 saturated heterocycles. The van der Waals surface area contributed by atoms with Gasteiger partial charge in [0.1, 0.15) is 11.6 Å². The van der Waals surface area contributed by atoms with Crippen LogP contribution in [0.25, 0.3) is 0 Å². The van der Waals surface area contributed by atoms with Crippen molar-refractivity contribution in [2.75, 3.05) is 24.3 Å². The molecule has 0 spiro atoms. The zero-order chi connectivity index (χ0) is 12.3. The molecular formula is C13H14FN3. The van der Waals surface area contributed by atoms with Gasteiger partial charge in [0.25, 0.3) is 0 Å². The van der Waals surface area contributed by atoms with Crippen molar-refractivity contribution >= 4 is 17.2 Å². The van der Waals surface area contributed by atoms with Gasteiger partial charge in [0, 0.05) is 37.7 Å². The number of hydrogen-bond acceptors (Lipinski definition) is 3. The summed E-state index contributed by atoms with van der Waals surface area (Å²) in [5.74, 6) is 0.573. The van der Waals surface area contributed by atoms with Gasteiger partial charge in [0.05, 0.1) is 0 Å². The molecule has 0 aliphatic rings. The average molecular weight is 231 g/mol. The van der Waals surface area contributed by atoms with Gasteiger partial charge in [-0.3, -0.25) is 0 Å². The smallest absolute Gasteiger partial charge is 0.127 e. The second kappa shape index (κ2) is 4.82. The summed E-state index contributed by atoms with van der Waals surface area (Å²) in [5, 5.41) is 2.99. The third-order valence-electron chi connectivity index (χ3n) is 2.60. The lowest BCUT2D eigenvalue weighted by molar-refractivity contribution is 0.628. The molecule has 0 unspecified atom stereocenters. The summed E-state index contributed by atoms with van der Waals surface area (Å²) in [7, 11) is 3.76. The Morgan fingerprint density at radius 1 is 1.12 bits per heavy atom. The molecule has 0 aliphatic heterocycles. The molecule has 0 fully saturated rings. The first-order valence-electron chi connectivity index (χ1n) is 5.34. The molecule has 2 aromatic rings. The number of aromatic nitrogens is 1. The van der Waals surface area contributed by atoms with Gasteiger partial charge in [-0.25, -0.2) is 9.37 Å². The van der Waals surface area contributed by atoms with E-state index in [1.54, 1.807) is 18.3 Å². The summed E-state index contributed by atoms with van der Waals surface area (Å²) >= 11 is 0. The van der Waals surface area contributed by atoms with E-state index in [2.05, 4.69) is 10.3 Å². The zero-order valence-electron chi connectivity index (χ0n) is 9.81. The number of hydrogen-bond donors (Lipinski definition) is 1. The highest BCUT2D eigenvalue weighted by Gasteiger charge is 2.04. The first kappa shape index (κ1) is 11.4. The fourth-order valence-corrected chi connectivity index (χ4v) is 1.58. The highest BCUT2D eigenvalue weighted by Crippen LogP contribution is 2.24. The van der Waals surface area contributed by atoms with Crippen LogP contribution in [0.5, 0.6) is 0 Å². The second-order valence-electron chi connectivity index (χ2n) is 3.68. The molecule has 4 heteroatoms. The van der Waals surface area contributed by atoms with Gasteiger partial charge in [0.2, 0.25) is 0 Å². The van der Waals surface area contributed by atoms with E-state index < -0.39 is 0 Å². The van der Waals surface area contributed by atoms with E-state index in [4.69, 9.17) is 0 Å². The minimum absolute atomic E-state index is 0.229. The molecule has 0 atom stereocenters. The van der Waals surface area contributed by atoms with E-state index in [0.29, 0.717) is 0 Å². The Morgan fingerprint density at radius 2 is 1.82 bits per heavy atom. The molecule has 1 N–H and O–H groups in total. The van der Waals surface area contributed by atoms with Crippen molar-refractivity contribution in [1.29, 1.82) is 0 Å². The Hall–Kier alpha value is -2.10. The van der Waals surface area contributed by atoms with Crippen LogP contribution in [0, 0.1) is 5.82 Å². The predicted octanol–water partition coefficient (Wildman–Crippen LogP) is 3.03. The molecule has 1 heterocycles. The molecular weight excluding hydrogens is 217 g/mol. The summed E-state index contributed by atoms with van der Waals surface area (Å²) in [6.45, 7) is 0. The van der Waals surface area contributed by atoms with E-state index in [9.17, 15) is 4.39 Å². The Labute approximate surface area is 99.9 Å². The number of benzene rings is 1. The fraction of sp³-hybridized carbons (Fsp3) is 0.154. The van der Waals surface area contributed by atoms with Crippen LogP contribution in [-0.4, -0.2) is 19.1 Å². The maximum atomic E-state index is 12.8. The van der Waals surface area contributed by atoms with Crippen LogP contribution < -0.4 is 10.2 Å². The van der Waals surface area contributed by atoms with Gasteiger partial charge in [0.15, 0.2) is 0 Å². The maximum absolute atomic E-state index is 12.8. The Balaban J connectivity index is 2.29. The minimum Gasteiger partial charge on any atom is -0.373 e. The van der Waals surface area contributed by atoms with Crippen LogP contribution in [0.1, 0.15) is 0 Å². The number of anilines is 3. The lowest BCUT2D eigenvalue weighted by atomic mass is 10.2. The van der Waals surface area contributed by atoms with Gasteiger partial charge in [-0.2, -0.15) is 0 Å². The topological polar surface area (TPSA) is 28.2 Å². The summed E-state index contributed by atoms with van der Waals surface area (Å²) in [6.07, 6.45) is 1.74. The van der Waals surface area contributed by atoms with Crippen LogP contribution in [0.15, 0.2) is 42.6 Å². The lowest BCUT2D eigenvalue weighted by Gasteiger charge is -2.19. The molecule has 0 bridgehead atoms. The van der Waals surface area contributed by atoms with Crippen molar-refractivity contribution in [2.45, 2.75) is 0 Å². The first-order valence-corrected chi connectivity index (χ1v) is 5.34. The molecule has 1 aromatic carbocycles. The molecule has 0 aliphatic carbocycles. The molecule has 1 aromatic heterocycles. The summed E-state index contributed by atoms with van der Waals surface area (Å²) < 4.78 is 12.8. The van der Waals surface area contributed by atoms with Gasteiger partial charge in [-0.05, 0) is 30.3 Å². The van der Waals surface area contributed by atoms with Crippen molar-refractivity contribution in [3.8, 4) is 0 Å². The van der Waals surface area contributed by atoms with Crippen LogP contribution in [0.2, 0.25) is 0 Å². The minimum atomic E-state index is -0.229. The van der Waals surface area contributed by atoms with Crippen molar-refractivity contribution in [1.82, 2.24) is 4.98 Å². The van der Waals surface area contributed by atoms with E-state index >= 15 is 0 Å². The van der Waals surface area contributed by atoms with Gasteiger partial charge >= 0.3 is 0 Å². The largest absolute Gasteiger partial charge is 0.373 e. The van der Waals surface area contributed by atoms with Gasteiger partial charge in [-0.15, -0.1) is 0 Å². The molecule has 2 rings (SSSR count). The van der Waals surface area contributed by atoms with Gasteiger partial charge in [-0.1, -0.05) is 0 Å². The maximum Gasteiger partial charge on any atom is 0.127 e. The molecule has 3 nitrogen and oxygen atoms in total. The third kappa shape index (κ3) is 2.53. The Bertz CT molecular complexity index is 496. The van der Waals surface area contributed by atoms with Crippen molar-refractivity contribution < 1.29 is 4.39 Å². The highest BCUT2D eigenvalue weighted by atomic mass is 19.1. The van der Waals surface area contributed by atoms with Crippen LogP contribution in [-0.2, 0) is 0 Å². The van der Waals surface area contributed by atoms with Crippen molar-refractivity contribution in [3.05, 3.63) is 48.4 Å². The molecule has 0 radical (unpaired) electrons. The molecule has 0 saturated carbocycles. The number of nitrogens with zero attached hydrogens (tertiary/aromatic N) is 2. The SMILES string of the molecule is CNc1cc(N(C)c2ccc(F)cc2)ccn1. The summed E-state index contributed by atoms with van der Waals surface area (Å²) in [5.41, 5.74) is 1.93. The highest BCUT2D eigenvalue weighted by molar-refractivity contribution is 5.64. The molecule has 17 heavy (non-hydrogen) atoms. The fourth-order valence-electron chi connectivity index (χ4n) is 1.58. The zero-order valence-corrected chi connectivity index (χ0v) is 9.81. The summed E-state index contributed by atoms with van der Waals surface area (Å²) in [6, 6.07) is 10.2. The number of nitrogens with one attached hydrogen (secondary N) is 1. The van der Waals surface area contributed by atoms with E-state index in [1.165, 1.54) is 12.1 Å². The quantitative estimate of drug-likeness (QED) is 0.880. The number of rotatable bonds is 3. The van der Waals surface area contributed by atoms with Gasteiger partial charge < -0.3 is 10.2 Å². The molecule has 88 valence electrons. The van der Waals surface area contributed by atoms with E-state index in [-0.39, 0.29) is 5.82 Å². The Kier molecular flexibility index (Phi) is 3.23. The number of halogens is 1. The normalized spacial score (nSPS) is 10.1. The van der Waals surface area contributed by atoms with E-state index in [1.807, 2.05) is 31.1 Å². The lowest BCUT2D eigenvalue weighted by Crippen LogP contribution is -2.09. The summed E-state index contributed by atoms with van der Waals surface area (Å²) in [4.78, 5) is 6.12. The second-order valence-corrected chi connectivity index (χ2v) is 3.68. The van der Waals surface area contributed by atoms with E-state index in [0.717, 1.165) is 17.2 Å². The first-order chi connectivity index (χ1) is 8.20. The Morgan fingerprint density at radius 3 is 2.47 bits per heavy atom. The predicted molar refractivity (Wildman–Crippen MR) is 68.2 cm³/mol. The van der Waals surface area contributed by atoms with Crippen molar-refractivity contribution in [2.24, 2.45) is 0 Å². The van der Waals surface area contributed by atoms with Crippen LogP contribution in [0.3, 0.4) is 0 Å². The average Bonchev–Trinajstić information content (AvgIpc) is 2.39. The van der Waals surface area contributed by atoms with Crippen LogP contribution >= 0.6 is 0 Å². The monoisotopic (exact) mass is 231 g/mol. The van der Waals surface area contributed by atoms with Crippen LogP contribution in [0.4, 0.5) is 21.6 Å². The van der Waals surface area contributed by atoms with Crippen molar-refractivity contribution in [3.63, 3.8) is 0 Å². The molecule has 0 amide bonds. The standard InChI is InChI=1S/C13H14FN3/c1-15-13-9-12(7-8-16-13)17(2)11-5-3-10(14)4-6-11/h3-9H,1-2H3,(H,15,16). The third-order valence-corrected chi connectivity index (χ3v) is 2.60. The number of pyridine rings is 1.